The van der Waals surface area contributed by atoms with Crippen molar-refractivity contribution in [1.29, 1.82) is 0 Å². The highest BCUT2D eigenvalue weighted by molar-refractivity contribution is 7.89. The van der Waals surface area contributed by atoms with Crippen LogP contribution in [0.5, 0.6) is 5.75 Å². The zero-order chi connectivity index (χ0) is 18.0. The van der Waals surface area contributed by atoms with Gasteiger partial charge in [-0.25, -0.2) is 12.7 Å². The average Bonchev–Trinajstić information content (AvgIpc) is 2.83. The molecule has 26 heavy (non-hydrogen) atoms. The summed E-state index contributed by atoms with van der Waals surface area (Å²) in [7, 11) is 1.03. The van der Waals surface area contributed by atoms with E-state index < -0.39 is 10.0 Å². The number of rotatable bonds is 4. The number of sulfonamides is 1. The SMILES string of the molecule is COc1cc2c(cc1S(=O)(=O)N(C)C)CCNCC2c1ccccc1.Cl. The van der Waals surface area contributed by atoms with E-state index in [-0.39, 0.29) is 23.2 Å². The van der Waals surface area contributed by atoms with Crippen LogP contribution in [0.3, 0.4) is 0 Å². The Hall–Kier alpha value is -1.60. The largest absolute Gasteiger partial charge is 0.495 e. The normalized spacial score (nSPS) is 17.2. The number of nitrogens with one attached hydrogen (secondary N) is 1. The Bertz CT molecular complexity index is 855. The number of hydrogen-bond acceptors (Lipinski definition) is 4. The van der Waals surface area contributed by atoms with Gasteiger partial charge in [-0.05, 0) is 41.8 Å². The molecule has 0 bridgehead atoms. The van der Waals surface area contributed by atoms with Crippen LogP contribution in [0.1, 0.15) is 22.6 Å². The first-order chi connectivity index (χ1) is 11.9. The van der Waals surface area contributed by atoms with Crippen molar-refractivity contribution in [3.8, 4) is 5.75 Å². The first-order valence-electron chi connectivity index (χ1n) is 8.34. The van der Waals surface area contributed by atoms with Crippen molar-refractivity contribution in [2.45, 2.75) is 17.2 Å². The maximum Gasteiger partial charge on any atom is 0.246 e. The fourth-order valence-corrected chi connectivity index (χ4v) is 4.36. The van der Waals surface area contributed by atoms with E-state index in [1.165, 1.54) is 31.1 Å². The number of benzene rings is 2. The van der Waals surface area contributed by atoms with Crippen molar-refractivity contribution >= 4 is 22.4 Å². The minimum absolute atomic E-state index is 0. The van der Waals surface area contributed by atoms with Crippen LogP contribution in [0.25, 0.3) is 0 Å². The van der Waals surface area contributed by atoms with Crippen LogP contribution in [-0.4, -0.2) is 47.0 Å². The summed E-state index contributed by atoms with van der Waals surface area (Å²) in [4.78, 5) is 0.229. The monoisotopic (exact) mass is 396 g/mol. The molecule has 0 aliphatic carbocycles. The van der Waals surface area contributed by atoms with E-state index in [9.17, 15) is 8.42 Å². The predicted molar refractivity (Wildman–Crippen MR) is 106 cm³/mol. The molecule has 0 amide bonds. The lowest BCUT2D eigenvalue weighted by molar-refractivity contribution is 0.399. The lowest BCUT2D eigenvalue weighted by atomic mass is 9.88. The molecule has 3 rings (SSSR count). The molecule has 0 saturated carbocycles. The minimum atomic E-state index is -3.56. The third kappa shape index (κ3) is 3.88. The summed E-state index contributed by atoms with van der Waals surface area (Å²) in [6, 6.07) is 14.0. The number of fused-ring (bicyclic) bond motifs is 1. The molecule has 142 valence electrons. The van der Waals surface area contributed by atoms with Crippen LogP contribution >= 0.6 is 12.4 Å². The predicted octanol–water partition coefficient (Wildman–Crippen LogP) is 2.64. The molecule has 0 radical (unpaired) electrons. The quantitative estimate of drug-likeness (QED) is 0.863. The van der Waals surface area contributed by atoms with E-state index in [0.717, 1.165) is 30.6 Å². The van der Waals surface area contributed by atoms with Gasteiger partial charge in [-0.15, -0.1) is 12.4 Å². The fourth-order valence-electron chi connectivity index (χ4n) is 3.28. The van der Waals surface area contributed by atoms with Crippen LogP contribution in [-0.2, 0) is 16.4 Å². The molecule has 0 fully saturated rings. The van der Waals surface area contributed by atoms with Crippen molar-refractivity contribution < 1.29 is 13.2 Å². The third-order valence-corrected chi connectivity index (χ3v) is 6.52. The zero-order valence-corrected chi connectivity index (χ0v) is 16.9. The van der Waals surface area contributed by atoms with Crippen molar-refractivity contribution in [2.75, 3.05) is 34.3 Å². The Balaban J connectivity index is 0.00000243. The zero-order valence-electron chi connectivity index (χ0n) is 15.2. The van der Waals surface area contributed by atoms with Gasteiger partial charge in [0.1, 0.15) is 10.6 Å². The van der Waals surface area contributed by atoms with Crippen molar-refractivity contribution in [1.82, 2.24) is 9.62 Å². The highest BCUT2D eigenvalue weighted by Crippen LogP contribution is 2.36. The third-order valence-electron chi connectivity index (χ3n) is 4.68. The van der Waals surface area contributed by atoms with E-state index in [4.69, 9.17) is 4.74 Å². The van der Waals surface area contributed by atoms with Crippen LogP contribution in [0.15, 0.2) is 47.4 Å². The van der Waals surface area contributed by atoms with Gasteiger partial charge in [0, 0.05) is 26.6 Å². The summed E-state index contributed by atoms with van der Waals surface area (Å²) < 4.78 is 32.0. The van der Waals surface area contributed by atoms with Crippen molar-refractivity contribution in [3.05, 3.63) is 59.2 Å². The van der Waals surface area contributed by atoms with Gasteiger partial charge in [0.2, 0.25) is 10.0 Å². The summed E-state index contributed by atoms with van der Waals surface area (Å²) in [5.41, 5.74) is 3.40. The average molecular weight is 397 g/mol. The summed E-state index contributed by atoms with van der Waals surface area (Å²) in [6.45, 7) is 1.64. The van der Waals surface area contributed by atoms with Crippen LogP contribution in [0.4, 0.5) is 0 Å². The number of ether oxygens (including phenoxy) is 1. The van der Waals surface area contributed by atoms with Gasteiger partial charge < -0.3 is 10.1 Å². The molecule has 7 heteroatoms. The molecular weight excluding hydrogens is 372 g/mol. The van der Waals surface area contributed by atoms with Gasteiger partial charge in [0.25, 0.3) is 0 Å². The van der Waals surface area contributed by atoms with Gasteiger partial charge >= 0.3 is 0 Å². The van der Waals surface area contributed by atoms with Gasteiger partial charge in [0.15, 0.2) is 0 Å². The lowest BCUT2D eigenvalue weighted by Gasteiger charge is -2.21. The fraction of sp³-hybridized carbons (Fsp3) is 0.368. The molecule has 2 aromatic rings. The molecule has 1 unspecified atom stereocenters. The Kier molecular flexibility index (Phi) is 6.69. The highest BCUT2D eigenvalue weighted by atomic mass is 35.5. The summed E-state index contributed by atoms with van der Waals surface area (Å²) in [5, 5.41) is 3.46. The first kappa shape index (κ1) is 20.7. The van der Waals surface area contributed by atoms with Gasteiger partial charge in [0.05, 0.1) is 7.11 Å². The van der Waals surface area contributed by atoms with Gasteiger partial charge in [-0.3, -0.25) is 0 Å². The molecule has 1 atom stereocenters. The molecule has 1 aliphatic rings. The lowest BCUT2D eigenvalue weighted by Crippen LogP contribution is -2.23. The maximum atomic E-state index is 12.7. The number of hydrogen-bond donors (Lipinski definition) is 1. The van der Waals surface area contributed by atoms with Crippen LogP contribution in [0, 0.1) is 0 Å². The van der Waals surface area contributed by atoms with E-state index in [0.29, 0.717) is 5.75 Å². The summed E-state index contributed by atoms with van der Waals surface area (Å²) >= 11 is 0. The molecule has 0 saturated heterocycles. The number of methoxy groups -OCH3 is 1. The second-order valence-electron chi connectivity index (χ2n) is 6.41. The highest BCUT2D eigenvalue weighted by Gasteiger charge is 2.28. The van der Waals surface area contributed by atoms with Crippen LogP contribution in [0.2, 0.25) is 0 Å². The maximum absolute atomic E-state index is 12.7. The molecule has 0 aromatic heterocycles. The standard InChI is InChI=1S/C19H24N2O3S.ClH/c1-21(2)25(22,23)19-11-15-9-10-20-13-17(14-7-5-4-6-8-14)16(15)12-18(19)24-3;/h4-8,11-12,17,20H,9-10,13H2,1-3H3;1H. The van der Waals surface area contributed by atoms with Gasteiger partial charge in [-0.2, -0.15) is 0 Å². The number of nitrogens with zero attached hydrogens (tertiary/aromatic N) is 1. The topological polar surface area (TPSA) is 58.6 Å². The molecular formula is C19H25ClN2O3S. The second-order valence-corrected chi connectivity index (χ2v) is 8.53. The molecule has 1 heterocycles. The molecule has 2 aromatic carbocycles. The van der Waals surface area contributed by atoms with Crippen molar-refractivity contribution in [3.63, 3.8) is 0 Å². The Morgan fingerprint density at radius 3 is 2.46 bits per heavy atom. The summed E-state index contributed by atoms with van der Waals surface area (Å²) in [5.74, 6) is 0.569. The Morgan fingerprint density at radius 1 is 1.15 bits per heavy atom. The van der Waals surface area contributed by atoms with E-state index in [2.05, 4.69) is 17.4 Å². The second kappa shape index (κ2) is 8.39. The van der Waals surface area contributed by atoms with Gasteiger partial charge in [-0.1, -0.05) is 30.3 Å². The smallest absolute Gasteiger partial charge is 0.246 e. The van der Waals surface area contributed by atoms with E-state index in [1.807, 2.05) is 24.3 Å². The van der Waals surface area contributed by atoms with E-state index >= 15 is 0 Å². The molecule has 5 nitrogen and oxygen atoms in total. The van der Waals surface area contributed by atoms with Crippen LogP contribution < -0.4 is 10.1 Å². The van der Waals surface area contributed by atoms with Crippen molar-refractivity contribution in [2.24, 2.45) is 0 Å². The summed E-state index contributed by atoms with van der Waals surface area (Å²) in [6.07, 6.45) is 0.790. The molecule has 0 spiro atoms. The minimum Gasteiger partial charge on any atom is -0.495 e. The van der Waals surface area contributed by atoms with E-state index in [1.54, 1.807) is 6.07 Å². The first-order valence-corrected chi connectivity index (χ1v) is 9.78. The molecule has 1 N–H and O–H groups in total. The molecule has 1 aliphatic heterocycles. The Labute approximate surface area is 161 Å². The Morgan fingerprint density at radius 2 is 1.85 bits per heavy atom. The number of halogens is 1.